The van der Waals surface area contributed by atoms with E-state index in [1.54, 1.807) is 12.1 Å². The number of anilines is 1. The fourth-order valence-electron chi connectivity index (χ4n) is 2.83. The van der Waals surface area contributed by atoms with Gasteiger partial charge in [0.05, 0.1) is 22.1 Å². The van der Waals surface area contributed by atoms with Crippen LogP contribution in [-0.4, -0.2) is 25.7 Å². The SMILES string of the molecule is Cc1nn(CC(=O)Nc2nc3ccccc3[nH]2)c(=O)c2ccccc12. The number of rotatable bonds is 3. The maximum atomic E-state index is 12.5. The van der Waals surface area contributed by atoms with E-state index in [0.717, 1.165) is 16.4 Å². The molecular formula is C18H15N5O2. The summed E-state index contributed by atoms with van der Waals surface area (Å²) in [5.41, 5.74) is 2.00. The lowest BCUT2D eigenvalue weighted by Gasteiger charge is -2.08. The molecule has 2 aromatic heterocycles. The molecule has 2 heterocycles. The standard InChI is InChI=1S/C18H15N5O2/c1-11-12-6-2-3-7-13(12)17(25)23(22-11)10-16(24)21-18-19-14-8-4-5-9-15(14)20-18/h2-9H,10H2,1H3,(H2,19,20,21,24). The summed E-state index contributed by atoms with van der Waals surface area (Å²) in [4.78, 5) is 32.1. The van der Waals surface area contributed by atoms with Gasteiger partial charge in [0, 0.05) is 5.39 Å². The summed E-state index contributed by atoms with van der Waals surface area (Å²) in [6.07, 6.45) is 0. The first-order chi connectivity index (χ1) is 12.1. The molecule has 0 aliphatic heterocycles. The Morgan fingerprint density at radius 1 is 1.12 bits per heavy atom. The Hall–Kier alpha value is -3.48. The van der Waals surface area contributed by atoms with Crippen molar-refractivity contribution >= 4 is 33.7 Å². The number of aryl methyl sites for hydroxylation is 1. The van der Waals surface area contributed by atoms with E-state index in [2.05, 4.69) is 20.4 Å². The van der Waals surface area contributed by atoms with Crippen molar-refractivity contribution in [1.29, 1.82) is 0 Å². The molecule has 124 valence electrons. The fourth-order valence-corrected chi connectivity index (χ4v) is 2.83. The van der Waals surface area contributed by atoms with Crippen LogP contribution in [-0.2, 0) is 11.3 Å². The first-order valence-electron chi connectivity index (χ1n) is 7.83. The zero-order chi connectivity index (χ0) is 17.4. The number of hydrogen-bond acceptors (Lipinski definition) is 4. The van der Waals surface area contributed by atoms with Crippen molar-refractivity contribution in [2.45, 2.75) is 13.5 Å². The van der Waals surface area contributed by atoms with Gasteiger partial charge in [-0.25, -0.2) is 9.67 Å². The number of hydrogen-bond donors (Lipinski definition) is 2. The Labute approximate surface area is 142 Å². The molecule has 0 aliphatic rings. The van der Waals surface area contributed by atoms with Gasteiger partial charge in [0.2, 0.25) is 11.9 Å². The van der Waals surface area contributed by atoms with E-state index in [1.807, 2.05) is 43.3 Å². The number of nitrogens with one attached hydrogen (secondary N) is 2. The molecule has 0 atom stereocenters. The number of carbonyl (C=O) groups excluding carboxylic acids is 1. The highest BCUT2D eigenvalue weighted by Gasteiger charge is 2.12. The summed E-state index contributed by atoms with van der Waals surface area (Å²) in [7, 11) is 0. The molecule has 7 nitrogen and oxygen atoms in total. The van der Waals surface area contributed by atoms with E-state index in [-0.39, 0.29) is 18.0 Å². The van der Waals surface area contributed by atoms with E-state index in [9.17, 15) is 9.59 Å². The topological polar surface area (TPSA) is 92.7 Å². The summed E-state index contributed by atoms with van der Waals surface area (Å²) >= 11 is 0. The van der Waals surface area contributed by atoms with Gasteiger partial charge in [-0.3, -0.25) is 14.9 Å². The van der Waals surface area contributed by atoms with Crippen LogP contribution in [0.3, 0.4) is 0 Å². The molecule has 0 bridgehead atoms. The molecule has 0 fully saturated rings. The molecule has 4 aromatic rings. The number of benzene rings is 2. The number of carbonyl (C=O) groups is 1. The molecular weight excluding hydrogens is 318 g/mol. The minimum atomic E-state index is -0.372. The first-order valence-corrected chi connectivity index (χ1v) is 7.83. The smallest absolute Gasteiger partial charge is 0.275 e. The van der Waals surface area contributed by atoms with Gasteiger partial charge < -0.3 is 4.98 Å². The molecule has 25 heavy (non-hydrogen) atoms. The Balaban J connectivity index is 1.61. The van der Waals surface area contributed by atoms with E-state index in [1.165, 1.54) is 4.68 Å². The predicted octanol–water partition coefficient (Wildman–Crippen LogP) is 2.22. The first kappa shape index (κ1) is 15.1. The molecule has 0 saturated carbocycles. The number of aromatic nitrogens is 4. The summed E-state index contributed by atoms with van der Waals surface area (Å²) in [6, 6.07) is 14.7. The van der Waals surface area contributed by atoms with Crippen molar-refractivity contribution in [3.8, 4) is 0 Å². The van der Waals surface area contributed by atoms with E-state index < -0.39 is 0 Å². The molecule has 0 spiro atoms. The second-order valence-corrected chi connectivity index (χ2v) is 5.74. The number of imidazole rings is 1. The van der Waals surface area contributed by atoms with Crippen molar-refractivity contribution in [3.63, 3.8) is 0 Å². The van der Waals surface area contributed by atoms with Gasteiger partial charge >= 0.3 is 0 Å². The van der Waals surface area contributed by atoms with Gasteiger partial charge in [-0.15, -0.1) is 0 Å². The highest BCUT2D eigenvalue weighted by molar-refractivity contribution is 5.91. The van der Waals surface area contributed by atoms with Crippen LogP contribution in [0.25, 0.3) is 21.8 Å². The van der Waals surface area contributed by atoms with Crippen molar-refractivity contribution in [3.05, 3.63) is 64.6 Å². The molecule has 2 aromatic carbocycles. The number of aromatic amines is 1. The van der Waals surface area contributed by atoms with Crippen LogP contribution >= 0.6 is 0 Å². The number of nitrogens with zero attached hydrogens (tertiary/aromatic N) is 3. The van der Waals surface area contributed by atoms with Crippen LogP contribution in [0.15, 0.2) is 53.3 Å². The van der Waals surface area contributed by atoms with Crippen molar-refractivity contribution < 1.29 is 4.79 Å². The number of H-pyrrole nitrogens is 1. The molecule has 0 saturated heterocycles. The average Bonchev–Trinajstić information content (AvgIpc) is 3.01. The molecule has 2 N–H and O–H groups in total. The lowest BCUT2D eigenvalue weighted by molar-refractivity contribution is -0.117. The fraction of sp³-hybridized carbons (Fsp3) is 0.111. The van der Waals surface area contributed by atoms with Crippen molar-refractivity contribution in [1.82, 2.24) is 19.7 Å². The van der Waals surface area contributed by atoms with E-state index in [4.69, 9.17) is 0 Å². The van der Waals surface area contributed by atoms with Gasteiger partial charge in [-0.1, -0.05) is 30.3 Å². The Bertz CT molecular complexity index is 1130. The molecule has 7 heteroatoms. The minimum absolute atomic E-state index is 0.179. The van der Waals surface area contributed by atoms with E-state index >= 15 is 0 Å². The quantitative estimate of drug-likeness (QED) is 0.601. The van der Waals surface area contributed by atoms with E-state index in [0.29, 0.717) is 17.0 Å². The largest absolute Gasteiger partial charge is 0.324 e. The van der Waals surface area contributed by atoms with Crippen LogP contribution in [0, 0.1) is 6.92 Å². The van der Waals surface area contributed by atoms with Crippen LogP contribution < -0.4 is 10.9 Å². The van der Waals surface area contributed by atoms with Crippen LogP contribution in [0.1, 0.15) is 5.69 Å². The highest BCUT2D eigenvalue weighted by atomic mass is 16.2. The van der Waals surface area contributed by atoms with Crippen LogP contribution in [0.5, 0.6) is 0 Å². The molecule has 0 aliphatic carbocycles. The zero-order valence-corrected chi connectivity index (χ0v) is 13.5. The predicted molar refractivity (Wildman–Crippen MR) is 95.5 cm³/mol. The molecule has 0 unspecified atom stereocenters. The number of amides is 1. The third kappa shape index (κ3) is 2.76. The summed E-state index contributed by atoms with van der Waals surface area (Å²) in [6.45, 7) is 1.64. The van der Waals surface area contributed by atoms with Gasteiger partial charge in [0.1, 0.15) is 6.54 Å². The van der Waals surface area contributed by atoms with Gasteiger partial charge in [-0.05, 0) is 25.1 Å². The monoisotopic (exact) mass is 333 g/mol. The van der Waals surface area contributed by atoms with Gasteiger partial charge in [0.15, 0.2) is 0 Å². The van der Waals surface area contributed by atoms with Gasteiger partial charge in [0.25, 0.3) is 5.56 Å². The number of fused-ring (bicyclic) bond motifs is 2. The Morgan fingerprint density at radius 3 is 2.64 bits per heavy atom. The maximum Gasteiger partial charge on any atom is 0.275 e. The molecule has 4 rings (SSSR count). The van der Waals surface area contributed by atoms with Gasteiger partial charge in [-0.2, -0.15) is 5.10 Å². The Kier molecular flexibility index (Phi) is 3.53. The second-order valence-electron chi connectivity index (χ2n) is 5.74. The van der Waals surface area contributed by atoms with Crippen LogP contribution in [0.4, 0.5) is 5.95 Å². The molecule has 1 amide bonds. The second kappa shape index (κ2) is 5.86. The minimum Gasteiger partial charge on any atom is -0.324 e. The summed E-state index contributed by atoms with van der Waals surface area (Å²) in [5, 5.41) is 8.25. The van der Waals surface area contributed by atoms with Crippen molar-refractivity contribution in [2.75, 3.05) is 5.32 Å². The zero-order valence-electron chi connectivity index (χ0n) is 13.5. The summed E-state index contributed by atoms with van der Waals surface area (Å²) in [5.74, 6) is -0.0277. The third-order valence-electron chi connectivity index (χ3n) is 3.99. The lowest BCUT2D eigenvalue weighted by Crippen LogP contribution is -2.30. The van der Waals surface area contributed by atoms with Crippen molar-refractivity contribution in [2.24, 2.45) is 0 Å². The average molecular weight is 333 g/mol. The maximum absolute atomic E-state index is 12.5. The number of para-hydroxylation sites is 2. The lowest BCUT2D eigenvalue weighted by atomic mass is 10.1. The summed E-state index contributed by atoms with van der Waals surface area (Å²) < 4.78 is 1.18. The van der Waals surface area contributed by atoms with Crippen LogP contribution in [0.2, 0.25) is 0 Å². The molecule has 0 radical (unpaired) electrons. The third-order valence-corrected chi connectivity index (χ3v) is 3.99. The Morgan fingerprint density at radius 2 is 1.84 bits per heavy atom. The normalized spacial score (nSPS) is 11.1. The highest BCUT2D eigenvalue weighted by Crippen LogP contribution is 2.14.